The summed E-state index contributed by atoms with van der Waals surface area (Å²) >= 11 is 3.55. The van der Waals surface area contributed by atoms with Crippen molar-refractivity contribution in [1.29, 1.82) is 0 Å². The van der Waals surface area contributed by atoms with E-state index in [0.717, 1.165) is 27.6 Å². The lowest BCUT2D eigenvalue weighted by Crippen LogP contribution is -2.12. The van der Waals surface area contributed by atoms with Crippen LogP contribution in [0.15, 0.2) is 63.5 Å². The van der Waals surface area contributed by atoms with Crippen LogP contribution in [0.4, 0.5) is 0 Å². The minimum Gasteiger partial charge on any atom is -0.459 e. The fraction of sp³-hybridized carbons (Fsp3) is 0.125. The summed E-state index contributed by atoms with van der Waals surface area (Å²) in [5.41, 5.74) is 8.32. The molecule has 1 heterocycles. The van der Waals surface area contributed by atoms with Crippen molar-refractivity contribution in [2.45, 2.75) is 12.5 Å². The first-order chi connectivity index (χ1) is 9.24. The van der Waals surface area contributed by atoms with Crippen LogP contribution in [0.25, 0.3) is 11.0 Å². The largest absolute Gasteiger partial charge is 0.459 e. The Morgan fingerprint density at radius 2 is 1.79 bits per heavy atom. The third-order valence-corrected chi connectivity index (χ3v) is 3.98. The van der Waals surface area contributed by atoms with Gasteiger partial charge in [-0.05, 0) is 30.2 Å². The van der Waals surface area contributed by atoms with E-state index in [1.807, 2.05) is 48.5 Å². The first kappa shape index (κ1) is 12.5. The van der Waals surface area contributed by atoms with Gasteiger partial charge in [-0.3, -0.25) is 0 Å². The molecule has 0 radical (unpaired) electrons. The monoisotopic (exact) mass is 315 g/mol. The molecule has 2 aromatic carbocycles. The number of benzene rings is 2. The Balaban J connectivity index is 1.87. The zero-order valence-corrected chi connectivity index (χ0v) is 11.9. The number of hydrogen-bond acceptors (Lipinski definition) is 2. The first-order valence-corrected chi connectivity index (χ1v) is 7.01. The highest BCUT2D eigenvalue weighted by molar-refractivity contribution is 9.10. The maximum absolute atomic E-state index is 6.25. The molecule has 19 heavy (non-hydrogen) atoms. The van der Waals surface area contributed by atoms with Gasteiger partial charge in [0.1, 0.15) is 11.3 Å². The van der Waals surface area contributed by atoms with Crippen molar-refractivity contribution in [2.75, 3.05) is 0 Å². The number of fused-ring (bicyclic) bond motifs is 1. The van der Waals surface area contributed by atoms with Crippen molar-refractivity contribution in [3.63, 3.8) is 0 Å². The Kier molecular flexibility index (Phi) is 3.40. The topological polar surface area (TPSA) is 39.2 Å². The minimum absolute atomic E-state index is 0.133. The molecule has 0 aliphatic rings. The van der Waals surface area contributed by atoms with E-state index < -0.39 is 0 Å². The van der Waals surface area contributed by atoms with Crippen LogP contribution < -0.4 is 5.73 Å². The van der Waals surface area contributed by atoms with E-state index >= 15 is 0 Å². The molecular formula is C16H14BrNO. The standard InChI is InChI=1S/C16H14BrNO/c17-13-7-3-1-5-11(13)9-14(18)16-10-12-6-2-4-8-15(12)19-16/h1-8,10,14H,9,18H2. The van der Waals surface area contributed by atoms with Gasteiger partial charge < -0.3 is 10.2 Å². The highest BCUT2D eigenvalue weighted by Gasteiger charge is 2.13. The van der Waals surface area contributed by atoms with Crippen LogP contribution in [-0.4, -0.2) is 0 Å². The minimum atomic E-state index is -0.133. The average molecular weight is 316 g/mol. The van der Waals surface area contributed by atoms with Crippen LogP contribution in [0.5, 0.6) is 0 Å². The predicted molar refractivity (Wildman–Crippen MR) is 81.0 cm³/mol. The van der Waals surface area contributed by atoms with Crippen molar-refractivity contribution >= 4 is 26.9 Å². The van der Waals surface area contributed by atoms with Crippen LogP contribution in [0.2, 0.25) is 0 Å². The third kappa shape index (κ3) is 2.57. The lowest BCUT2D eigenvalue weighted by Gasteiger charge is -2.10. The highest BCUT2D eigenvalue weighted by Crippen LogP contribution is 2.26. The normalized spacial score (nSPS) is 12.7. The summed E-state index contributed by atoms with van der Waals surface area (Å²) in [7, 11) is 0. The van der Waals surface area contributed by atoms with Gasteiger partial charge in [-0.25, -0.2) is 0 Å². The summed E-state index contributed by atoms with van der Waals surface area (Å²) in [4.78, 5) is 0. The Hall–Kier alpha value is -1.58. The molecule has 3 rings (SSSR count). The van der Waals surface area contributed by atoms with Gasteiger partial charge in [-0.2, -0.15) is 0 Å². The number of rotatable bonds is 3. The van der Waals surface area contributed by atoms with Crippen LogP contribution in [-0.2, 0) is 6.42 Å². The van der Waals surface area contributed by atoms with Gasteiger partial charge in [0.2, 0.25) is 0 Å². The number of furan rings is 1. The highest BCUT2D eigenvalue weighted by atomic mass is 79.9. The molecule has 2 nitrogen and oxygen atoms in total. The lowest BCUT2D eigenvalue weighted by atomic mass is 10.0. The van der Waals surface area contributed by atoms with Gasteiger partial charge in [-0.15, -0.1) is 0 Å². The van der Waals surface area contributed by atoms with Crippen LogP contribution in [0, 0.1) is 0 Å². The predicted octanol–water partition coefficient (Wildman–Crippen LogP) is 4.44. The van der Waals surface area contributed by atoms with Gasteiger partial charge >= 0.3 is 0 Å². The smallest absolute Gasteiger partial charge is 0.134 e. The van der Waals surface area contributed by atoms with Crippen molar-refractivity contribution in [3.05, 3.63) is 70.4 Å². The number of para-hydroxylation sites is 1. The second kappa shape index (κ2) is 5.19. The first-order valence-electron chi connectivity index (χ1n) is 6.21. The summed E-state index contributed by atoms with van der Waals surface area (Å²) in [5, 5.41) is 1.10. The van der Waals surface area contributed by atoms with Crippen molar-refractivity contribution < 1.29 is 4.42 Å². The van der Waals surface area contributed by atoms with Gasteiger partial charge in [0.15, 0.2) is 0 Å². The second-order valence-electron chi connectivity index (χ2n) is 4.59. The molecular weight excluding hydrogens is 302 g/mol. The molecule has 0 spiro atoms. The van der Waals surface area contributed by atoms with Crippen LogP contribution in [0.3, 0.4) is 0 Å². The molecule has 1 atom stereocenters. The molecule has 1 aromatic heterocycles. The van der Waals surface area contributed by atoms with Crippen molar-refractivity contribution in [2.24, 2.45) is 5.73 Å². The van der Waals surface area contributed by atoms with Gasteiger partial charge in [0, 0.05) is 9.86 Å². The molecule has 0 fully saturated rings. The van der Waals surface area contributed by atoms with Crippen LogP contribution in [0.1, 0.15) is 17.4 Å². The maximum Gasteiger partial charge on any atom is 0.134 e. The van der Waals surface area contributed by atoms with Gasteiger partial charge in [0.25, 0.3) is 0 Å². The summed E-state index contributed by atoms with van der Waals surface area (Å²) in [6.45, 7) is 0. The summed E-state index contributed by atoms with van der Waals surface area (Å²) in [6.07, 6.45) is 0.751. The van der Waals surface area contributed by atoms with E-state index in [0.29, 0.717) is 0 Å². The van der Waals surface area contributed by atoms with E-state index in [2.05, 4.69) is 22.0 Å². The molecule has 0 saturated heterocycles. The Morgan fingerprint density at radius 1 is 1.05 bits per heavy atom. The molecule has 0 aliphatic carbocycles. The molecule has 0 amide bonds. The Labute approximate surface area is 120 Å². The Morgan fingerprint density at radius 3 is 2.58 bits per heavy atom. The molecule has 1 unspecified atom stereocenters. The van der Waals surface area contributed by atoms with Gasteiger partial charge in [-0.1, -0.05) is 52.3 Å². The Bertz CT molecular complexity index is 672. The van der Waals surface area contributed by atoms with Crippen molar-refractivity contribution in [1.82, 2.24) is 0 Å². The SMILES string of the molecule is NC(Cc1ccccc1Br)c1cc2ccccc2o1. The maximum atomic E-state index is 6.25. The molecule has 2 N–H and O–H groups in total. The fourth-order valence-electron chi connectivity index (χ4n) is 2.19. The van der Waals surface area contributed by atoms with E-state index in [1.54, 1.807) is 0 Å². The van der Waals surface area contributed by atoms with E-state index in [-0.39, 0.29) is 6.04 Å². The second-order valence-corrected chi connectivity index (χ2v) is 5.44. The molecule has 0 aliphatic heterocycles. The molecule has 96 valence electrons. The molecule has 3 aromatic rings. The average Bonchev–Trinajstić information content (AvgIpc) is 2.85. The third-order valence-electron chi connectivity index (χ3n) is 3.21. The number of hydrogen-bond donors (Lipinski definition) is 1. The van der Waals surface area contributed by atoms with E-state index in [1.165, 1.54) is 5.56 Å². The summed E-state index contributed by atoms with van der Waals surface area (Å²) < 4.78 is 6.89. The summed E-state index contributed by atoms with van der Waals surface area (Å²) in [6, 6.07) is 18.0. The number of halogens is 1. The number of nitrogens with two attached hydrogens (primary N) is 1. The van der Waals surface area contributed by atoms with Gasteiger partial charge in [0.05, 0.1) is 6.04 Å². The zero-order valence-electron chi connectivity index (χ0n) is 10.3. The lowest BCUT2D eigenvalue weighted by molar-refractivity contribution is 0.493. The fourth-order valence-corrected chi connectivity index (χ4v) is 2.63. The zero-order chi connectivity index (χ0) is 13.2. The molecule has 3 heteroatoms. The van der Waals surface area contributed by atoms with E-state index in [4.69, 9.17) is 10.2 Å². The quantitative estimate of drug-likeness (QED) is 0.776. The molecule has 0 saturated carbocycles. The van der Waals surface area contributed by atoms with E-state index in [9.17, 15) is 0 Å². The molecule has 0 bridgehead atoms. The summed E-state index contributed by atoms with van der Waals surface area (Å²) in [5.74, 6) is 0.831. The van der Waals surface area contributed by atoms with Crippen molar-refractivity contribution in [3.8, 4) is 0 Å². The van der Waals surface area contributed by atoms with Crippen LogP contribution >= 0.6 is 15.9 Å².